The number of pyridine rings is 1. The van der Waals surface area contributed by atoms with Gasteiger partial charge in [0.2, 0.25) is 0 Å². The molecule has 2 unspecified atom stereocenters. The lowest BCUT2D eigenvalue weighted by molar-refractivity contribution is -0.122. The van der Waals surface area contributed by atoms with E-state index in [1.54, 1.807) is 69.6 Å². The molecule has 4 rings (SSSR count). The largest absolute Gasteiger partial charge is 0.497 e. The van der Waals surface area contributed by atoms with Crippen molar-refractivity contribution in [2.75, 3.05) is 12.4 Å². The molecule has 29 heavy (non-hydrogen) atoms. The van der Waals surface area contributed by atoms with Crippen molar-refractivity contribution in [1.29, 1.82) is 0 Å². The Bertz CT molecular complexity index is 1200. The highest BCUT2D eigenvalue weighted by Gasteiger charge is 2.26. The number of nitrogens with one attached hydrogen (secondary N) is 1. The molecule has 2 atom stereocenters. The first-order valence-corrected chi connectivity index (χ1v) is 9.23. The number of methoxy groups -OCH3 is 1. The fraction of sp³-hybridized carbons (Fsp3) is 0.227. The maximum Gasteiger partial charge on any atom is 0.265 e. The second kappa shape index (κ2) is 7.09. The zero-order valence-corrected chi connectivity index (χ0v) is 16.3. The first-order valence-electron chi connectivity index (χ1n) is 9.23. The second-order valence-electron chi connectivity index (χ2n) is 6.98. The maximum absolute atomic E-state index is 13.0. The van der Waals surface area contributed by atoms with Crippen LogP contribution in [0, 0.1) is 0 Å². The van der Waals surface area contributed by atoms with E-state index < -0.39 is 12.1 Å². The van der Waals surface area contributed by atoms with Gasteiger partial charge in [-0.15, -0.1) is 0 Å². The molecule has 148 valence electrons. The minimum absolute atomic E-state index is 0.240. The fourth-order valence-corrected chi connectivity index (χ4v) is 3.40. The molecule has 2 heterocycles. The molecule has 0 fully saturated rings. The molecule has 1 aromatic heterocycles. The Balaban J connectivity index is 1.68. The van der Waals surface area contributed by atoms with Gasteiger partial charge in [-0.3, -0.25) is 14.4 Å². The summed E-state index contributed by atoms with van der Waals surface area (Å²) < 4.78 is 12.1. The number of ether oxygens (including phenoxy) is 2. The third-order valence-electron chi connectivity index (χ3n) is 5.13. The topological polar surface area (TPSA) is 86.6 Å². The van der Waals surface area contributed by atoms with Gasteiger partial charge < -0.3 is 19.4 Å². The lowest BCUT2D eigenvalue weighted by atomic mass is 10.0. The molecule has 1 amide bonds. The van der Waals surface area contributed by atoms with Crippen LogP contribution in [0.4, 0.5) is 5.69 Å². The molecule has 1 aliphatic heterocycles. The molecule has 0 aliphatic carbocycles. The lowest BCUT2D eigenvalue weighted by Crippen LogP contribution is -2.34. The number of carbonyl (C=O) groups excluding carboxylic acids is 2. The van der Waals surface area contributed by atoms with E-state index in [0.29, 0.717) is 28.1 Å². The average Bonchev–Trinajstić information content (AvgIpc) is 2.73. The van der Waals surface area contributed by atoms with Crippen LogP contribution in [0.3, 0.4) is 0 Å². The van der Waals surface area contributed by atoms with Crippen LogP contribution < -0.4 is 20.3 Å². The lowest BCUT2D eigenvalue weighted by Gasteiger charge is -2.24. The Morgan fingerprint density at radius 2 is 1.97 bits per heavy atom. The minimum Gasteiger partial charge on any atom is -0.497 e. The van der Waals surface area contributed by atoms with E-state index in [4.69, 9.17) is 9.47 Å². The molecular formula is C22H20N2O5. The summed E-state index contributed by atoms with van der Waals surface area (Å²) in [7, 11) is 1.57. The van der Waals surface area contributed by atoms with E-state index in [2.05, 4.69) is 5.32 Å². The van der Waals surface area contributed by atoms with Crippen LogP contribution >= 0.6 is 0 Å². The number of rotatable bonds is 4. The van der Waals surface area contributed by atoms with Crippen LogP contribution in [0.1, 0.15) is 30.2 Å². The molecule has 1 aliphatic rings. The van der Waals surface area contributed by atoms with E-state index in [1.807, 2.05) is 0 Å². The molecule has 0 bridgehead atoms. The zero-order chi connectivity index (χ0) is 20.7. The third kappa shape index (κ3) is 3.24. The SMILES string of the molecule is COc1ccc2c(=O)n(C(C)C(=O)c3ccc4c(c3)NC(=O)C(C)O4)ccc2c1. The Morgan fingerprint density at radius 3 is 2.72 bits per heavy atom. The Hall–Kier alpha value is -3.61. The highest BCUT2D eigenvalue weighted by atomic mass is 16.5. The smallest absolute Gasteiger partial charge is 0.265 e. The highest BCUT2D eigenvalue weighted by molar-refractivity contribution is 6.03. The van der Waals surface area contributed by atoms with Crippen LogP contribution in [0.5, 0.6) is 11.5 Å². The number of nitrogens with zero attached hydrogens (tertiary/aromatic N) is 1. The zero-order valence-electron chi connectivity index (χ0n) is 16.3. The predicted molar refractivity (Wildman–Crippen MR) is 109 cm³/mol. The van der Waals surface area contributed by atoms with Gasteiger partial charge >= 0.3 is 0 Å². The number of carbonyl (C=O) groups is 2. The van der Waals surface area contributed by atoms with Crippen molar-refractivity contribution in [3.05, 3.63) is 64.6 Å². The van der Waals surface area contributed by atoms with Crippen molar-refractivity contribution < 1.29 is 19.1 Å². The van der Waals surface area contributed by atoms with Gasteiger partial charge in [0.1, 0.15) is 11.5 Å². The molecule has 7 heteroatoms. The van der Waals surface area contributed by atoms with Crippen molar-refractivity contribution in [3.8, 4) is 11.5 Å². The number of anilines is 1. The summed E-state index contributed by atoms with van der Waals surface area (Å²) in [5, 5.41) is 3.98. The van der Waals surface area contributed by atoms with E-state index in [1.165, 1.54) is 4.57 Å². The van der Waals surface area contributed by atoms with Gasteiger partial charge in [0.25, 0.3) is 11.5 Å². The van der Waals surface area contributed by atoms with Crippen LogP contribution in [0.2, 0.25) is 0 Å². The summed E-state index contributed by atoms with van der Waals surface area (Å²) in [6, 6.07) is 11.1. The van der Waals surface area contributed by atoms with Crippen molar-refractivity contribution >= 4 is 28.2 Å². The summed E-state index contributed by atoms with van der Waals surface area (Å²) in [6.45, 7) is 3.33. The van der Waals surface area contributed by atoms with E-state index in [-0.39, 0.29) is 17.2 Å². The molecule has 0 saturated carbocycles. The van der Waals surface area contributed by atoms with Crippen LogP contribution in [0.15, 0.2) is 53.5 Å². The van der Waals surface area contributed by atoms with Gasteiger partial charge in [-0.05, 0) is 61.7 Å². The number of hydrogen-bond acceptors (Lipinski definition) is 5. The van der Waals surface area contributed by atoms with E-state index in [0.717, 1.165) is 5.39 Å². The van der Waals surface area contributed by atoms with E-state index >= 15 is 0 Å². The summed E-state index contributed by atoms with van der Waals surface area (Å²) >= 11 is 0. The molecular weight excluding hydrogens is 372 g/mol. The quantitative estimate of drug-likeness (QED) is 0.689. The van der Waals surface area contributed by atoms with Crippen LogP contribution in [-0.4, -0.2) is 29.5 Å². The summed E-state index contributed by atoms with van der Waals surface area (Å²) in [6.07, 6.45) is 1.02. The Kier molecular flexibility index (Phi) is 4.58. The molecule has 2 aromatic carbocycles. The summed E-state index contributed by atoms with van der Waals surface area (Å²) in [5.41, 5.74) is 0.579. The first-order chi connectivity index (χ1) is 13.9. The molecule has 0 radical (unpaired) electrons. The van der Waals surface area contributed by atoms with Crippen LogP contribution in [0.25, 0.3) is 10.8 Å². The Labute approximate surface area is 166 Å². The number of ketones is 1. The highest BCUT2D eigenvalue weighted by Crippen LogP contribution is 2.31. The monoisotopic (exact) mass is 392 g/mol. The Morgan fingerprint density at radius 1 is 1.17 bits per heavy atom. The van der Waals surface area contributed by atoms with E-state index in [9.17, 15) is 14.4 Å². The number of fused-ring (bicyclic) bond motifs is 2. The standard InChI is InChI=1S/C22H20N2O5/c1-12(24-9-8-14-10-16(28-3)5-6-17(14)22(24)27)20(25)15-4-7-19-18(11-15)23-21(26)13(2)29-19/h4-13H,1-3H3,(H,23,26). The molecule has 0 spiro atoms. The van der Waals surface area contributed by atoms with Crippen LogP contribution in [-0.2, 0) is 4.79 Å². The fourth-order valence-electron chi connectivity index (χ4n) is 3.40. The summed E-state index contributed by atoms with van der Waals surface area (Å²) in [4.78, 5) is 37.8. The van der Waals surface area contributed by atoms with Gasteiger partial charge in [0.15, 0.2) is 11.9 Å². The number of aromatic nitrogens is 1. The number of amides is 1. The minimum atomic E-state index is -0.716. The molecule has 1 N–H and O–H groups in total. The van der Waals surface area contributed by atoms with Gasteiger partial charge in [-0.2, -0.15) is 0 Å². The predicted octanol–water partition coefficient (Wildman–Crippen LogP) is 3.17. The second-order valence-corrected chi connectivity index (χ2v) is 6.98. The third-order valence-corrected chi connectivity index (χ3v) is 5.13. The average molecular weight is 392 g/mol. The van der Waals surface area contributed by atoms with Gasteiger partial charge in [-0.25, -0.2) is 0 Å². The normalized spacial score (nSPS) is 16.5. The van der Waals surface area contributed by atoms with Gasteiger partial charge in [0, 0.05) is 17.1 Å². The summed E-state index contributed by atoms with van der Waals surface area (Å²) in [5.74, 6) is 0.663. The van der Waals surface area contributed by atoms with Crippen molar-refractivity contribution in [2.24, 2.45) is 0 Å². The number of hydrogen-bond donors (Lipinski definition) is 1. The maximum atomic E-state index is 13.0. The van der Waals surface area contributed by atoms with Gasteiger partial charge in [-0.1, -0.05) is 0 Å². The van der Waals surface area contributed by atoms with Crippen molar-refractivity contribution in [1.82, 2.24) is 4.57 Å². The molecule has 0 saturated heterocycles. The molecule has 3 aromatic rings. The molecule has 7 nitrogen and oxygen atoms in total. The van der Waals surface area contributed by atoms with Gasteiger partial charge in [0.05, 0.1) is 18.8 Å². The van der Waals surface area contributed by atoms with Crippen molar-refractivity contribution in [3.63, 3.8) is 0 Å². The first kappa shape index (κ1) is 18.7. The van der Waals surface area contributed by atoms with Crippen molar-refractivity contribution in [2.45, 2.75) is 26.0 Å². The number of benzene rings is 2. The number of Topliss-reactive ketones (excluding diaryl/α,β-unsaturated/α-hetero) is 1.